The molecular weight excluding hydrogens is 394 g/mol. The summed E-state index contributed by atoms with van der Waals surface area (Å²) in [7, 11) is 0. The Morgan fingerprint density at radius 3 is 2.69 bits per heavy atom. The predicted molar refractivity (Wildman–Crippen MR) is 105 cm³/mol. The topological polar surface area (TPSA) is 67.1 Å². The second kappa shape index (κ2) is 6.96. The maximum absolute atomic E-state index is 11.1. The third-order valence-electron chi connectivity index (χ3n) is 4.59. The van der Waals surface area contributed by atoms with Gasteiger partial charge in [-0.1, -0.05) is 28.1 Å². The molecular formula is C20H18BrN3O2. The van der Waals surface area contributed by atoms with Crippen LogP contribution in [0, 0.1) is 0 Å². The molecule has 0 amide bonds. The van der Waals surface area contributed by atoms with Crippen molar-refractivity contribution in [3.8, 4) is 16.9 Å². The van der Waals surface area contributed by atoms with Gasteiger partial charge < -0.3 is 10.4 Å². The average Bonchev–Trinajstić information content (AvgIpc) is 2.83. The van der Waals surface area contributed by atoms with Crippen LogP contribution >= 0.6 is 15.9 Å². The zero-order chi connectivity index (χ0) is 18.1. The molecule has 4 rings (SSSR count). The van der Waals surface area contributed by atoms with E-state index in [1.165, 1.54) is 5.56 Å². The highest BCUT2D eigenvalue weighted by Crippen LogP contribution is 2.34. The molecule has 0 unspecified atom stereocenters. The lowest BCUT2D eigenvalue weighted by Gasteiger charge is -2.09. The summed E-state index contributed by atoms with van der Waals surface area (Å²) in [5.41, 5.74) is 4.37. The molecule has 5 nitrogen and oxygen atoms in total. The number of nitrogens with zero attached hydrogens (tertiary/aromatic N) is 2. The van der Waals surface area contributed by atoms with Crippen molar-refractivity contribution >= 4 is 27.7 Å². The van der Waals surface area contributed by atoms with Crippen molar-refractivity contribution in [2.75, 3.05) is 11.9 Å². The van der Waals surface area contributed by atoms with E-state index in [9.17, 15) is 4.79 Å². The van der Waals surface area contributed by atoms with E-state index in [1.54, 1.807) is 24.3 Å². The minimum absolute atomic E-state index is 0.271. The Balaban J connectivity index is 1.86. The largest absolute Gasteiger partial charge is 0.478 e. The quantitative estimate of drug-likeness (QED) is 0.652. The molecule has 0 atom stereocenters. The molecule has 1 aromatic heterocycles. The van der Waals surface area contributed by atoms with Gasteiger partial charge in [0.1, 0.15) is 5.82 Å². The van der Waals surface area contributed by atoms with Gasteiger partial charge in [-0.15, -0.1) is 0 Å². The van der Waals surface area contributed by atoms with Crippen molar-refractivity contribution in [2.24, 2.45) is 0 Å². The second-order valence-corrected chi connectivity index (χ2v) is 7.25. The van der Waals surface area contributed by atoms with Crippen molar-refractivity contribution < 1.29 is 9.90 Å². The fourth-order valence-corrected chi connectivity index (χ4v) is 3.70. The molecule has 6 heteroatoms. The highest BCUT2D eigenvalue weighted by molar-refractivity contribution is 9.10. The fourth-order valence-electron chi connectivity index (χ4n) is 3.30. The highest BCUT2D eigenvalue weighted by atomic mass is 79.9. The molecule has 0 radical (unpaired) electrons. The van der Waals surface area contributed by atoms with Gasteiger partial charge in [0.2, 0.25) is 0 Å². The number of carboxylic acids is 1. The van der Waals surface area contributed by atoms with Crippen LogP contribution in [0.15, 0.2) is 53.0 Å². The Morgan fingerprint density at radius 1 is 1.15 bits per heavy atom. The van der Waals surface area contributed by atoms with Crippen LogP contribution < -0.4 is 5.32 Å². The van der Waals surface area contributed by atoms with Crippen LogP contribution in [-0.2, 0) is 6.42 Å². The first kappa shape index (κ1) is 16.8. The summed E-state index contributed by atoms with van der Waals surface area (Å²) in [6, 6.07) is 15.0. The molecule has 0 saturated carbocycles. The third kappa shape index (κ3) is 3.12. The standard InChI is InChI=1S/C20H18BrN3O2/c21-15-5-3-4-14(12-15)18-17-6-1-2-11-22-19(17)24(23-18)16-9-7-13(8-10-16)20(25)26/h3-5,7-10,12,22H,1-2,6,11H2,(H,25,26). The Morgan fingerprint density at radius 2 is 1.96 bits per heavy atom. The first-order chi connectivity index (χ1) is 12.6. The lowest BCUT2D eigenvalue weighted by atomic mass is 10.0. The summed E-state index contributed by atoms with van der Waals surface area (Å²) in [6.07, 6.45) is 3.20. The van der Waals surface area contributed by atoms with Gasteiger partial charge in [0.15, 0.2) is 0 Å². The Kier molecular flexibility index (Phi) is 4.51. The van der Waals surface area contributed by atoms with Crippen molar-refractivity contribution in [2.45, 2.75) is 19.3 Å². The lowest BCUT2D eigenvalue weighted by molar-refractivity contribution is 0.0697. The van der Waals surface area contributed by atoms with Crippen LogP contribution in [0.1, 0.15) is 28.8 Å². The number of rotatable bonds is 3. The number of aromatic carboxylic acids is 1. The summed E-state index contributed by atoms with van der Waals surface area (Å²) in [6.45, 7) is 0.907. The smallest absolute Gasteiger partial charge is 0.335 e. The Labute approximate surface area is 159 Å². The number of halogens is 1. The molecule has 1 aliphatic heterocycles. The minimum Gasteiger partial charge on any atom is -0.478 e. The van der Waals surface area contributed by atoms with E-state index in [0.717, 1.165) is 53.0 Å². The SMILES string of the molecule is O=C(O)c1ccc(-n2nc(-c3cccc(Br)c3)c3c2NCCCC3)cc1. The first-order valence-corrected chi connectivity index (χ1v) is 9.38. The van der Waals surface area contributed by atoms with Crippen molar-refractivity contribution in [3.05, 3.63) is 64.1 Å². The van der Waals surface area contributed by atoms with Crippen LogP contribution in [0.5, 0.6) is 0 Å². The molecule has 0 bridgehead atoms. The second-order valence-electron chi connectivity index (χ2n) is 6.33. The number of anilines is 1. The number of carboxylic acid groups (broad SMARTS) is 1. The zero-order valence-electron chi connectivity index (χ0n) is 14.1. The summed E-state index contributed by atoms with van der Waals surface area (Å²) in [5.74, 6) is 0.0735. The van der Waals surface area contributed by atoms with Crippen molar-refractivity contribution in [1.82, 2.24) is 9.78 Å². The molecule has 0 saturated heterocycles. The van der Waals surface area contributed by atoms with E-state index >= 15 is 0 Å². The zero-order valence-corrected chi connectivity index (χ0v) is 15.7. The number of carbonyl (C=O) groups is 1. The van der Waals surface area contributed by atoms with Gasteiger partial charge in [-0.25, -0.2) is 9.48 Å². The van der Waals surface area contributed by atoms with E-state index < -0.39 is 5.97 Å². The van der Waals surface area contributed by atoms with E-state index in [1.807, 2.05) is 16.8 Å². The third-order valence-corrected chi connectivity index (χ3v) is 5.08. The lowest BCUT2D eigenvalue weighted by Crippen LogP contribution is -2.07. The van der Waals surface area contributed by atoms with Gasteiger partial charge in [-0.05, 0) is 55.7 Å². The molecule has 132 valence electrons. The van der Waals surface area contributed by atoms with Crippen molar-refractivity contribution in [3.63, 3.8) is 0 Å². The van der Waals surface area contributed by atoms with E-state index in [4.69, 9.17) is 10.2 Å². The molecule has 26 heavy (non-hydrogen) atoms. The molecule has 2 heterocycles. The van der Waals surface area contributed by atoms with Gasteiger partial charge in [0.25, 0.3) is 0 Å². The van der Waals surface area contributed by atoms with Crippen LogP contribution in [0.4, 0.5) is 5.82 Å². The first-order valence-electron chi connectivity index (χ1n) is 8.59. The van der Waals surface area contributed by atoms with Crippen LogP contribution in [0.3, 0.4) is 0 Å². The van der Waals surface area contributed by atoms with Gasteiger partial charge in [0.05, 0.1) is 16.9 Å². The fraction of sp³-hybridized carbons (Fsp3) is 0.200. The number of fused-ring (bicyclic) bond motifs is 1. The van der Waals surface area contributed by atoms with Gasteiger partial charge in [0, 0.05) is 22.1 Å². The molecule has 1 aliphatic rings. The monoisotopic (exact) mass is 411 g/mol. The number of benzene rings is 2. The predicted octanol–water partition coefficient (Wildman–Crippen LogP) is 4.75. The molecule has 2 aromatic carbocycles. The van der Waals surface area contributed by atoms with Gasteiger partial charge in [-0.3, -0.25) is 0 Å². The maximum atomic E-state index is 11.1. The number of hydrogen-bond acceptors (Lipinski definition) is 3. The molecule has 0 spiro atoms. The number of nitrogens with one attached hydrogen (secondary N) is 1. The summed E-state index contributed by atoms with van der Waals surface area (Å²) in [4.78, 5) is 11.1. The number of aromatic nitrogens is 2. The van der Waals surface area contributed by atoms with Crippen LogP contribution in [-0.4, -0.2) is 27.4 Å². The van der Waals surface area contributed by atoms with Gasteiger partial charge in [-0.2, -0.15) is 5.10 Å². The van der Waals surface area contributed by atoms with E-state index in [-0.39, 0.29) is 5.56 Å². The van der Waals surface area contributed by atoms with Crippen LogP contribution in [0.25, 0.3) is 16.9 Å². The average molecular weight is 412 g/mol. The Bertz CT molecular complexity index is 964. The van der Waals surface area contributed by atoms with Crippen molar-refractivity contribution in [1.29, 1.82) is 0 Å². The Hall–Kier alpha value is -2.60. The summed E-state index contributed by atoms with van der Waals surface area (Å²) >= 11 is 3.54. The van der Waals surface area contributed by atoms with E-state index in [2.05, 4.69) is 33.4 Å². The number of hydrogen-bond donors (Lipinski definition) is 2. The summed E-state index contributed by atoms with van der Waals surface area (Å²) in [5, 5.41) is 17.5. The molecule has 2 N–H and O–H groups in total. The van der Waals surface area contributed by atoms with E-state index in [0.29, 0.717) is 0 Å². The van der Waals surface area contributed by atoms with Gasteiger partial charge >= 0.3 is 5.97 Å². The molecule has 3 aromatic rings. The molecule has 0 aliphatic carbocycles. The molecule has 0 fully saturated rings. The highest BCUT2D eigenvalue weighted by Gasteiger charge is 2.21. The normalized spacial score (nSPS) is 13.6. The maximum Gasteiger partial charge on any atom is 0.335 e. The van der Waals surface area contributed by atoms with Crippen LogP contribution in [0.2, 0.25) is 0 Å². The summed E-state index contributed by atoms with van der Waals surface area (Å²) < 4.78 is 2.91. The minimum atomic E-state index is -0.927.